The summed E-state index contributed by atoms with van der Waals surface area (Å²) in [5.74, 6) is 2.09. The number of likely N-dealkylation sites (tertiary alicyclic amines) is 1. The molecule has 2 heterocycles. The van der Waals surface area contributed by atoms with Crippen LogP contribution in [0.3, 0.4) is 0 Å². The Bertz CT molecular complexity index is 1140. The maximum atomic E-state index is 13.5. The number of allylic oxidation sites excluding steroid dienone is 6. The van der Waals surface area contributed by atoms with Crippen molar-refractivity contribution in [3.8, 4) is 5.75 Å². The molecule has 0 saturated carbocycles. The van der Waals surface area contributed by atoms with Gasteiger partial charge in [-0.1, -0.05) is 54.1 Å². The summed E-state index contributed by atoms with van der Waals surface area (Å²) < 4.78 is 22.2. The summed E-state index contributed by atoms with van der Waals surface area (Å²) in [5, 5.41) is 0.926. The lowest BCUT2D eigenvalue weighted by atomic mass is 9.74. The minimum Gasteiger partial charge on any atom is -0.491 e. The van der Waals surface area contributed by atoms with Crippen molar-refractivity contribution in [2.24, 2.45) is 16.8 Å². The maximum Gasteiger partial charge on any atom is 0.415 e. The van der Waals surface area contributed by atoms with E-state index in [9.17, 15) is 4.79 Å². The molecule has 0 N–H and O–H groups in total. The van der Waals surface area contributed by atoms with Crippen molar-refractivity contribution in [1.82, 2.24) is 4.90 Å². The number of carbonyl (C=O) groups excluding carboxylic acids is 1. The first kappa shape index (κ1) is 26.7. The van der Waals surface area contributed by atoms with Gasteiger partial charge in [0.25, 0.3) is 0 Å². The number of aliphatic imine (C=N–C) groups is 1. The van der Waals surface area contributed by atoms with Crippen LogP contribution < -0.4 is 4.74 Å². The monoisotopic (exact) mass is 538 g/mol. The van der Waals surface area contributed by atoms with E-state index in [2.05, 4.69) is 6.08 Å². The normalized spacial score (nSPS) is 26.1. The van der Waals surface area contributed by atoms with Crippen molar-refractivity contribution in [1.29, 1.82) is 0 Å². The Morgan fingerprint density at radius 2 is 1.95 bits per heavy atom. The first-order valence-electron chi connectivity index (χ1n) is 13.4. The lowest BCUT2D eigenvalue weighted by Gasteiger charge is -2.40. The molecule has 0 radical (unpaired) electrons. The molecule has 0 spiro atoms. The summed E-state index contributed by atoms with van der Waals surface area (Å²) in [6.45, 7) is 2.66. The fourth-order valence-electron chi connectivity index (χ4n) is 5.70. The minimum absolute atomic E-state index is 0.219. The predicted molar refractivity (Wildman–Crippen MR) is 148 cm³/mol. The summed E-state index contributed by atoms with van der Waals surface area (Å²) in [6, 6.07) is 7.89. The van der Waals surface area contributed by atoms with Crippen LogP contribution in [0.1, 0.15) is 37.3 Å². The van der Waals surface area contributed by atoms with Crippen LogP contribution in [-0.4, -0.2) is 62.8 Å². The molecular weight excluding hydrogens is 504 g/mol. The van der Waals surface area contributed by atoms with Gasteiger partial charge in [0.05, 0.1) is 31.9 Å². The van der Waals surface area contributed by atoms with Crippen LogP contribution in [0.15, 0.2) is 76.5 Å². The molecule has 0 aromatic heterocycles. The van der Waals surface area contributed by atoms with Crippen molar-refractivity contribution >= 4 is 23.4 Å². The zero-order chi connectivity index (χ0) is 26.3. The Balaban J connectivity index is 1.34. The van der Waals surface area contributed by atoms with Gasteiger partial charge in [0.2, 0.25) is 0 Å². The van der Waals surface area contributed by atoms with Gasteiger partial charge in [-0.3, -0.25) is 9.89 Å². The highest BCUT2D eigenvalue weighted by Crippen LogP contribution is 2.47. The molecule has 2 aliphatic carbocycles. The first-order valence-corrected chi connectivity index (χ1v) is 13.7. The topological polar surface area (TPSA) is 69.6 Å². The van der Waals surface area contributed by atoms with Crippen molar-refractivity contribution in [2.75, 3.05) is 40.1 Å². The second kappa shape index (κ2) is 12.8. The third-order valence-electron chi connectivity index (χ3n) is 7.53. The van der Waals surface area contributed by atoms with E-state index in [1.165, 1.54) is 0 Å². The highest BCUT2D eigenvalue weighted by atomic mass is 35.5. The van der Waals surface area contributed by atoms with Gasteiger partial charge in [-0.05, 0) is 49.0 Å². The maximum absolute atomic E-state index is 13.5. The quantitative estimate of drug-likeness (QED) is 0.361. The molecule has 4 unspecified atom stereocenters. The lowest BCUT2D eigenvalue weighted by Crippen LogP contribution is -2.47. The molecule has 202 valence electrons. The Morgan fingerprint density at radius 3 is 2.79 bits per heavy atom. The highest BCUT2D eigenvalue weighted by Gasteiger charge is 2.48. The van der Waals surface area contributed by atoms with Gasteiger partial charge in [-0.2, -0.15) is 0 Å². The molecule has 4 aliphatic rings. The third-order valence-corrected chi connectivity index (χ3v) is 7.84. The Hall–Kier alpha value is -2.87. The number of methoxy groups -OCH3 is 1. The van der Waals surface area contributed by atoms with Crippen molar-refractivity contribution < 1.29 is 23.7 Å². The van der Waals surface area contributed by atoms with Crippen LogP contribution >= 0.6 is 11.6 Å². The van der Waals surface area contributed by atoms with E-state index in [1.54, 1.807) is 7.11 Å². The summed E-state index contributed by atoms with van der Waals surface area (Å²) in [6.07, 6.45) is 14.5. The van der Waals surface area contributed by atoms with E-state index in [1.807, 2.05) is 59.5 Å². The molecule has 1 fully saturated rings. The molecule has 8 heteroatoms. The molecule has 1 saturated heterocycles. The molecule has 1 aromatic rings. The molecule has 5 rings (SSSR count). The largest absolute Gasteiger partial charge is 0.491 e. The number of ether oxygens (including phenoxy) is 4. The van der Waals surface area contributed by atoms with Gasteiger partial charge in [0, 0.05) is 36.7 Å². The predicted octanol–water partition coefficient (Wildman–Crippen LogP) is 5.98. The summed E-state index contributed by atoms with van der Waals surface area (Å²) >= 11 is 6.44. The van der Waals surface area contributed by atoms with E-state index in [0.717, 1.165) is 41.3 Å². The average molecular weight is 539 g/mol. The summed E-state index contributed by atoms with van der Waals surface area (Å²) in [7, 11) is 1.65. The number of carbonyl (C=O) groups is 1. The van der Waals surface area contributed by atoms with E-state index >= 15 is 0 Å². The number of benzene rings is 1. The number of hydrogen-bond donors (Lipinski definition) is 0. The second-order valence-electron chi connectivity index (χ2n) is 9.91. The molecule has 1 amide bonds. The first-order chi connectivity index (χ1) is 18.6. The van der Waals surface area contributed by atoms with Gasteiger partial charge in [-0.25, -0.2) is 4.79 Å². The second-order valence-corrected chi connectivity index (χ2v) is 10.4. The SMILES string of the molecule is COCCOCCOc1ccc(C2C3=NC4CC=C(Cl)CC4C3CCN2C(=O)OC2=CC=CC=CC2)cc1. The van der Waals surface area contributed by atoms with Gasteiger partial charge < -0.3 is 18.9 Å². The smallest absolute Gasteiger partial charge is 0.415 e. The Labute approximate surface area is 229 Å². The van der Waals surface area contributed by atoms with Crippen molar-refractivity contribution in [3.05, 3.63) is 77.1 Å². The van der Waals surface area contributed by atoms with E-state index < -0.39 is 0 Å². The molecule has 7 nitrogen and oxygen atoms in total. The highest BCUT2D eigenvalue weighted by molar-refractivity contribution is 6.29. The van der Waals surface area contributed by atoms with Crippen LogP contribution in [0.4, 0.5) is 4.79 Å². The van der Waals surface area contributed by atoms with Gasteiger partial charge in [-0.15, -0.1) is 0 Å². The van der Waals surface area contributed by atoms with Crippen LogP contribution in [0.25, 0.3) is 0 Å². The zero-order valence-corrected chi connectivity index (χ0v) is 22.5. The van der Waals surface area contributed by atoms with Crippen molar-refractivity contribution in [2.45, 2.75) is 37.8 Å². The minimum atomic E-state index is -0.342. The zero-order valence-electron chi connectivity index (χ0n) is 21.8. The molecular formula is C30H35ClN2O5. The van der Waals surface area contributed by atoms with Gasteiger partial charge >= 0.3 is 6.09 Å². The fourth-order valence-corrected chi connectivity index (χ4v) is 5.96. The number of fused-ring (bicyclic) bond motifs is 3. The molecule has 38 heavy (non-hydrogen) atoms. The summed E-state index contributed by atoms with van der Waals surface area (Å²) in [5.41, 5.74) is 2.07. The number of amides is 1. The van der Waals surface area contributed by atoms with Crippen LogP contribution in [0.2, 0.25) is 0 Å². The van der Waals surface area contributed by atoms with Crippen LogP contribution in [-0.2, 0) is 14.2 Å². The lowest BCUT2D eigenvalue weighted by molar-refractivity contribution is 0.0544. The van der Waals surface area contributed by atoms with E-state index in [0.29, 0.717) is 57.0 Å². The number of piperidine rings is 1. The molecule has 4 atom stereocenters. The number of halogens is 1. The Kier molecular flexibility index (Phi) is 8.99. The fraction of sp³-hybridized carbons (Fsp3) is 0.467. The Morgan fingerprint density at radius 1 is 1.11 bits per heavy atom. The standard InChI is InChI=1S/C30H35ClN2O5/c1-35-16-17-36-18-19-37-23-11-8-21(9-12-23)29-28-25(26-20-22(31)10-13-27(26)32-28)14-15-33(29)30(34)38-24-6-4-2-3-5-7-24/h2-6,8-12,25-27,29H,7,13-20H2,1H3. The van der Waals surface area contributed by atoms with Gasteiger partial charge in [0.1, 0.15) is 18.1 Å². The van der Waals surface area contributed by atoms with E-state index in [-0.39, 0.29) is 18.2 Å². The molecule has 1 aromatic carbocycles. The molecule has 0 bridgehead atoms. The van der Waals surface area contributed by atoms with Crippen LogP contribution in [0, 0.1) is 11.8 Å². The summed E-state index contributed by atoms with van der Waals surface area (Å²) in [4.78, 5) is 20.5. The van der Waals surface area contributed by atoms with Crippen LogP contribution in [0.5, 0.6) is 5.75 Å². The van der Waals surface area contributed by atoms with Crippen molar-refractivity contribution in [3.63, 3.8) is 0 Å². The number of nitrogens with zero attached hydrogens (tertiary/aromatic N) is 2. The molecule has 2 aliphatic heterocycles. The van der Waals surface area contributed by atoms with E-state index in [4.69, 9.17) is 35.5 Å². The third kappa shape index (κ3) is 6.22. The number of rotatable bonds is 9. The number of hydrogen-bond acceptors (Lipinski definition) is 6. The average Bonchev–Trinajstić information content (AvgIpc) is 3.09. The van der Waals surface area contributed by atoms with Gasteiger partial charge in [0.15, 0.2) is 0 Å².